The fourth-order valence-corrected chi connectivity index (χ4v) is 4.32. The summed E-state index contributed by atoms with van der Waals surface area (Å²) in [6.07, 6.45) is 2.13. The Bertz CT molecular complexity index is 778. The van der Waals surface area contributed by atoms with E-state index in [1.165, 1.54) is 6.07 Å². The van der Waals surface area contributed by atoms with Crippen LogP contribution in [0.5, 0.6) is 0 Å². The zero-order valence-corrected chi connectivity index (χ0v) is 19.9. The highest BCUT2D eigenvalue weighted by molar-refractivity contribution is 5.78. The zero-order chi connectivity index (χ0) is 25.8. The van der Waals surface area contributed by atoms with Crippen molar-refractivity contribution in [3.05, 3.63) is 35.6 Å². The van der Waals surface area contributed by atoms with Crippen LogP contribution in [0.25, 0.3) is 0 Å². The van der Waals surface area contributed by atoms with Crippen molar-refractivity contribution in [1.29, 1.82) is 0 Å². The molecule has 2 aliphatic rings. The van der Waals surface area contributed by atoms with Gasteiger partial charge in [0, 0.05) is 26.1 Å². The van der Waals surface area contributed by atoms with E-state index in [9.17, 15) is 14.3 Å². The number of nitrogens with one attached hydrogen (secondary N) is 1. The Morgan fingerprint density at radius 1 is 1.26 bits per heavy atom. The number of halogens is 1. The number of aliphatic hydroxyl groups is 1. The third-order valence-corrected chi connectivity index (χ3v) is 5.84. The number of amides is 1. The van der Waals surface area contributed by atoms with Crippen LogP contribution in [0.15, 0.2) is 24.3 Å². The van der Waals surface area contributed by atoms with Gasteiger partial charge in [0.15, 0.2) is 0 Å². The van der Waals surface area contributed by atoms with Gasteiger partial charge in [0.25, 0.3) is 12.9 Å². The lowest BCUT2D eigenvalue weighted by atomic mass is 9.75. The molecule has 34 heavy (non-hydrogen) atoms. The number of carbonyl (C=O) groups excluding carboxylic acids is 1. The number of likely N-dealkylation sites (N-methyl/N-ethyl adjacent to an activating group) is 1. The molecule has 2 saturated heterocycles. The number of piperidine rings is 1. The number of hydrogen-bond donors (Lipinski definition) is 4. The Balaban J connectivity index is 0.000000872. The maximum atomic E-state index is 13.4. The van der Waals surface area contributed by atoms with Crippen molar-refractivity contribution in [2.75, 3.05) is 40.3 Å². The van der Waals surface area contributed by atoms with Crippen molar-refractivity contribution in [2.24, 2.45) is 0 Å². The van der Waals surface area contributed by atoms with Crippen molar-refractivity contribution in [1.82, 2.24) is 15.1 Å². The van der Waals surface area contributed by atoms with Gasteiger partial charge in [-0.05, 0) is 51.6 Å². The van der Waals surface area contributed by atoms with E-state index in [4.69, 9.17) is 24.5 Å². The Morgan fingerprint density at radius 2 is 1.85 bits per heavy atom. The quantitative estimate of drug-likeness (QED) is 0.446. The molecule has 2 heterocycles. The van der Waals surface area contributed by atoms with Crippen molar-refractivity contribution in [2.45, 2.75) is 50.0 Å². The van der Waals surface area contributed by atoms with E-state index in [2.05, 4.69) is 10.2 Å². The van der Waals surface area contributed by atoms with E-state index in [0.29, 0.717) is 19.6 Å². The van der Waals surface area contributed by atoms with Crippen molar-refractivity contribution < 1.29 is 38.8 Å². The Labute approximate surface area is 199 Å². The van der Waals surface area contributed by atoms with Gasteiger partial charge in [-0.3, -0.25) is 19.3 Å². The van der Waals surface area contributed by atoms with E-state index in [0.717, 1.165) is 31.5 Å². The highest BCUT2D eigenvalue weighted by Gasteiger charge is 2.49. The molecule has 0 radical (unpaired) electrons. The normalized spacial score (nSPS) is 23.6. The Hall–Kier alpha value is -2.60. The van der Waals surface area contributed by atoms with Crippen molar-refractivity contribution in [3.8, 4) is 0 Å². The fourth-order valence-electron chi connectivity index (χ4n) is 4.32. The molecule has 3 rings (SSSR count). The largest absolute Gasteiger partial charge is 0.483 e. The summed E-state index contributed by atoms with van der Waals surface area (Å²) >= 11 is 0. The summed E-state index contributed by atoms with van der Waals surface area (Å²) in [5, 5.41) is 27.7. The molecule has 0 unspecified atom stereocenters. The average molecular weight is 486 g/mol. The van der Waals surface area contributed by atoms with Crippen LogP contribution < -0.4 is 5.32 Å². The van der Waals surface area contributed by atoms with Gasteiger partial charge in [-0.1, -0.05) is 12.1 Å². The van der Waals surface area contributed by atoms with Gasteiger partial charge in [0.2, 0.25) is 5.91 Å². The second-order valence-corrected chi connectivity index (χ2v) is 9.00. The molecular weight excluding hydrogens is 449 g/mol. The van der Waals surface area contributed by atoms with Gasteiger partial charge in [-0.2, -0.15) is 0 Å². The molecule has 0 bridgehead atoms. The maximum Gasteiger partial charge on any atom is 0.290 e. The van der Waals surface area contributed by atoms with Crippen LogP contribution in [0.1, 0.15) is 31.7 Å². The van der Waals surface area contributed by atoms with Crippen LogP contribution in [0.2, 0.25) is 0 Å². The molecule has 1 spiro atoms. The topological polar surface area (TPSA) is 140 Å². The minimum atomic E-state index is -1.01. The lowest BCUT2D eigenvalue weighted by molar-refractivity contribution is -0.189. The van der Waals surface area contributed by atoms with Crippen LogP contribution in [-0.2, 0) is 25.7 Å². The second kappa shape index (κ2) is 14.0. The molecular formula is C23H36FN3O7. The molecule has 1 aromatic carbocycles. The molecule has 2 fully saturated rings. The summed E-state index contributed by atoms with van der Waals surface area (Å²) in [4.78, 5) is 32.9. The molecule has 0 saturated carbocycles. The van der Waals surface area contributed by atoms with Crippen LogP contribution in [-0.4, -0.2) is 102 Å². The summed E-state index contributed by atoms with van der Waals surface area (Å²) < 4.78 is 19.6. The Morgan fingerprint density at radius 3 is 2.35 bits per heavy atom. The summed E-state index contributed by atoms with van der Waals surface area (Å²) in [7, 11) is 3.67. The highest BCUT2D eigenvalue weighted by Crippen LogP contribution is 2.39. The number of carboxylic acid groups (broad SMARTS) is 2. The first kappa shape index (κ1) is 29.4. The van der Waals surface area contributed by atoms with Crippen molar-refractivity contribution >= 4 is 18.9 Å². The molecule has 0 aliphatic carbocycles. The van der Waals surface area contributed by atoms with Crippen LogP contribution in [0.3, 0.4) is 0 Å². The van der Waals surface area contributed by atoms with Crippen LogP contribution >= 0.6 is 0 Å². The number of nitrogens with zero attached hydrogens (tertiary/aromatic N) is 2. The van der Waals surface area contributed by atoms with E-state index in [1.807, 2.05) is 20.2 Å². The SMILES string of the molecule is CN(C)CC(=O)N[C@H]1COC2(CCN(Cc3cccc(F)c3)CC2)C[C@]1(C)O.O=CO.O=CO. The summed E-state index contributed by atoms with van der Waals surface area (Å²) in [6, 6.07) is 6.31. The van der Waals surface area contributed by atoms with Gasteiger partial charge in [0.1, 0.15) is 5.82 Å². The number of likely N-dealkylation sites (tertiary alicyclic amines) is 1. The molecule has 11 heteroatoms. The van der Waals surface area contributed by atoms with Crippen LogP contribution in [0.4, 0.5) is 4.39 Å². The van der Waals surface area contributed by atoms with Gasteiger partial charge >= 0.3 is 0 Å². The predicted octanol–water partition coefficient (Wildman–Crippen LogP) is 0.780. The van der Waals surface area contributed by atoms with Gasteiger partial charge in [-0.15, -0.1) is 0 Å². The van der Waals surface area contributed by atoms with Crippen molar-refractivity contribution in [3.63, 3.8) is 0 Å². The second-order valence-electron chi connectivity index (χ2n) is 9.00. The monoisotopic (exact) mass is 485 g/mol. The third kappa shape index (κ3) is 9.72. The molecule has 4 N–H and O–H groups in total. The third-order valence-electron chi connectivity index (χ3n) is 5.84. The van der Waals surface area contributed by atoms with E-state index in [-0.39, 0.29) is 36.8 Å². The molecule has 2 aliphatic heterocycles. The molecule has 1 aromatic rings. The van der Waals surface area contributed by atoms with E-state index >= 15 is 0 Å². The maximum absolute atomic E-state index is 13.4. The number of benzene rings is 1. The Kier molecular flexibility index (Phi) is 12.1. The minimum Gasteiger partial charge on any atom is -0.483 e. The lowest BCUT2D eigenvalue weighted by Gasteiger charge is -2.51. The van der Waals surface area contributed by atoms with Gasteiger partial charge < -0.3 is 30.3 Å². The summed E-state index contributed by atoms with van der Waals surface area (Å²) in [6.45, 7) is 4.28. The first-order valence-corrected chi connectivity index (χ1v) is 10.9. The standard InChI is InChI=1S/C21H32FN3O3.2CH2O2/c1-20(27)15-21(28-14-18(20)23-19(26)13-24(2)3)7-9-25(10-8-21)12-16-5-4-6-17(22)11-16;2*2-1-3/h4-6,11,18,27H,7-10,12-15H2,1-3H3,(H,23,26);2*1H,(H,2,3)/t18-,20-;;/m0../s1. The van der Waals surface area contributed by atoms with Gasteiger partial charge in [-0.25, -0.2) is 4.39 Å². The molecule has 0 aromatic heterocycles. The molecule has 192 valence electrons. The summed E-state index contributed by atoms with van der Waals surface area (Å²) in [5.74, 6) is -0.320. The minimum absolute atomic E-state index is 0.111. The lowest BCUT2D eigenvalue weighted by Crippen LogP contribution is -2.64. The molecule has 10 nitrogen and oxygen atoms in total. The van der Waals surface area contributed by atoms with E-state index in [1.54, 1.807) is 24.0 Å². The van der Waals surface area contributed by atoms with E-state index < -0.39 is 11.6 Å². The zero-order valence-electron chi connectivity index (χ0n) is 19.9. The first-order valence-electron chi connectivity index (χ1n) is 10.9. The predicted molar refractivity (Wildman–Crippen MR) is 123 cm³/mol. The summed E-state index contributed by atoms with van der Waals surface area (Å²) in [5.41, 5.74) is -0.397. The number of rotatable bonds is 5. The average Bonchev–Trinajstić information content (AvgIpc) is 2.73. The smallest absolute Gasteiger partial charge is 0.290 e. The first-order chi connectivity index (χ1) is 16.0. The number of carbonyl (C=O) groups is 3. The number of ether oxygens (including phenoxy) is 1. The number of hydrogen-bond acceptors (Lipinski definition) is 7. The molecule has 2 atom stereocenters. The molecule has 1 amide bonds. The fraction of sp³-hybridized carbons (Fsp3) is 0.609. The van der Waals surface area contributed by atoms with Crippen LogP contribution in [0, 0.1) is 5.82 Å². The highest BCUT2D eigenvalue weighted by atomic mass is 19.1. The van der Waals surface area contributed by atoms with Gasteiger partial charge in [0.05, 0.1) is 30.4 Å².